The summed E-state index contributed by atoms with van der Waals surface area (Å²) in [6, 6.07) is 21.5. The molecular formula is C21H25N3O. The molecule has 4 rings (SSSR count). The molecule has 2 aromatic carbocycles. The zero-order valence-electron chi connectivity index (χ0n) is 14.5. The predicted octanol–water partition coefficient (Wildman–Crippen LogP) is 2.48. The fraction of sp³-hybridized carbons (Fsp3) is 0.381. The Morgan fingerprint density at radius 2 is 1.56 bits per heavy atom. The van der Waals surface area contributed by atoms with Crippen LogP contribution in [0.3, 0.4) is 0 Å². The minimum absolute atomic E-state index is 0.228. The Hall–Kier alpha value is -2.33. The molecule has 0 bridgehead atoms. The highest BCUT2D eigenvalue weighted by Gasteiger charge is 2.38. The molecule has 130 valence electrons. The van der Waals surface area contributed by atoms with Gasteiger partial charge in [-0.1, -0.05) is 48.5 Å². The second-order valence-corrected chi connectivity index (χ2v) is 6.94. The molecule has 1 amide bonds. The maximum absolute atomic E-state index is 12.5. The second kappa shape index (κ2) is 7.28. The van der Waals surface area contributed by atoms with Gasteiger partial charge in [-0.25, -0.2) is 0 Å². The summed E-state index contributed by atoms with van der Waals surface area (Å²) in [6.45, 7) is 3.89. The second-order valence-electron chi connectivity index (χ2n) is 6.94. The van der Waals surface area contributed by atoms with Gasteiger partial charge in [0.05, 0.1) is 6.54 Å². The first kappa shape index (κ1) is 16.2. The summed E-state index contributed by atoms with van der Waals surface area (Å²) in [6.07, 6.45) is 1.14. The van der Waals surface area contributed by atoms with Gasteiger partial charge in [0.2, 0.25) is 5.91 Å². The molecule has 0 spiro atoms. The van der Waals surface area contributed by atoms with E-state index in [9.17, 15) is 4.79 Å². The van der Waals surface area contributed by atoms with Crippen molar-refractivity contribution in [3.8, 4) is 0 Å². The van der Waals surface area contributed by atoms with Gasteiger partial charge in [-0.15, -0.1) is 0 Å². The highest BCUT2D eigenvalue weighted by Crippen LogP contribution is 2.40. The van der Waals surface area contributed by atoms with E-state index < -0.39 is 0 Å². The summed E-state index contributed by atoms with van der Waals surface area (Å²) >= 11 is 0. The van der Waals surface area contributed by atoms with Gasteiger partial charge in [0.15, 0.2) is 0 Å². The molecule has 4 heteroatoms. The molecule has 0 radical (unpaired) electrons. The number of benzene rings is 2. The number of nitrogens with one attached hydrogen (secondary N) is 1. The minimum atomic E-state index is 0.228. The van der Waals surface area contributed by atoms with Gasteiger partial charge in [0.1, 0.15) is 0 Å². The lowest BCUT2D eigenvalue weighted by atomic mass is 10.1. The lowest BCUT2D eigenvalue weighted by Crippen LogP contribution is -2.51. The number of hydrogen-bond acceptors (Lipinski definition) is 3. The first-order chi connectivity index (χ1) is 12.3. The van der Waals surface area contributed by atoms with Crippen LogP contribution in [0, 0.1) is 0 Å². The molecule has 2 aromatic rings. The van der Waals surface area contributed by atoms with Crippen LogP contribution in [0.5, 0.6) is 0 Å². The van der Waals surface area contributed by atoms with Crippen molar-refractivity contribution >= 4 is 11.6 Å². The molecule has 2 fully saturated rings. The molecule has 2 aliphatic rings. The summed E-state index contributed by atoms with van der Waals surface area (Å²) in [5.41, 5.74) is 2.63. The van der Waals surface area contributed by atoms with Crippen LogP contribution >= 0.6 is 0 Å². The molecular weight excluding hydrogens is 310 g/mol. The third-order valence-corrected chi connectivity index (χ3v) is 5.29. The monoisotopic (exact) mass is 335 g/mol. The lowest BCUT2D eigenvalue weighted by Gasteiger charge is -2.36. The van der Waals surface area contributed by atoms with Crippen molar-refractivity contribution in [1.29, 1.82) is 0 Å². The molecule has 1 aliphatic carbocycles. The van der Waals surface area contributed by atoms with Gasteiger partial charge in [0, 0.05) is 43.8 Å². The van der Waals surface area contributed by atoms with Crippen LogP contribution in [-0.2, 0) is 4.79 Å². The van der Waals surface area contributed by atoms with Crippen LogP contribution in [0.2, 0.25) is 0 Å². The molecule has 1 saturated heterocycles. The van der Waals surface area contributed by atoms with E-state index in [1.165, 1.54) is 11.3 Å². The van der Waals surface area contributed by atoms with Gasteiger partial charge >= 0.3 is 0 Å². The van der Waals surface area contributed by atoms with Crippen molar-refractivity contribution in [2.24, 2.45) is 0 Å². The summed E-state index contributed by atoms with van der Waals surface area (Å²) in [7, 11) is 0. The average Bonchev–Trinajstić information content (AvgIpc) is 3.47. The lowest BCUT2D eigenvalue weighted by molar-refractivity contribution is -0.130. The Bertz CT molecular complexity index is 696. The zero-order valence-corrected chi connectivity index (χ0v) is 14.5. The van der Waals surface area contributed by atoms with Crippen LogP contribution in [0.25, 0.3) is 0 Å². The van der Waals surface area contributed by atoms with Crippen LogP contribution in [0.4, 0.5) is 5.69 Å². The largest absolute Gasteiger partial charge is 0.368 e. The highest BCUT2D eigenvalue weighted by molar-refractivity contribution is 5.78. The van der Waals surface area contributed by atoms with E-state index in [1.807, 2.05) is 17.0 Å². The van der Waals surface area contributed by atoms with Crippen molar-refractivity contribution < 1.29 is 4.79 Å². The number of nitrogens with zero attached hydrogens (tertiary/aromatic N) is 2. The Morgan fingerprint density at radius 1 is 0.920 bits per heavy atom. The van der Waals surface area contributed by atoms with E-state index in [-0.39, 0.29) is 5.91 Å². The first-order valence-corrected chi connectivity index (χ1v) is 9.17. The smallest absolute Gasteiger partial charge is 0.236 e. The standard InChI is InChI=1S/C21H25N3O/c25-21(16-22-20-15-19(20)17-7-3-1-4-8-17)24-13-11-23(12-14-24)18-9-5-2-6-10-18/h1-10,19-20,22H,11-16H2/t19-,20+/m0/s1. The molecule has 1 heterocycles. The van der Waals surface area contributed by atoms with E-state index >= 15 is 0 Å². The third kappa shape index (κ3) is 3.85. The van der Waals surface area contributed by atoms with E-state index in [0.29, 0.717) is 18.5 Å². The molecule has 1 N–H and O–H groups in total. The summed E-state index contributed by atoms with van der Waals surface area (Å²) in [5.74, 6) is 0.801. The predicted molar refractivity (Wildman–Crippen MR) is 101 cm³/mol. The number of carbonyl (C=O) groups excluding carboxylic acids is 1. The Labute approximate surface area is 149 Å². The molecule has 2 atom stereocenters. The highest BCUT2D eigenvalue weighted by atomic mass is 16.2. The number of hydrogen-bond donors (Lipinski definition) is 1. The fourth-order valence-electron chi connectivity index (χ4n) is 3.67. The van der Waals surface area contributed by atoms with Crippen LogP contribution in [0.1, 0.15) is 17.9 Å². The van der Waals surface area contributed by atoms with Crippen molar-refractivity contribution in [3.05, 3.63) is 66.2 Å². The average molecular weight is 335 g/mol. The van der Waals surface area contributed by atoms with Crippen LogP contribution in [0.15, 0.2) is 60.7 Å². The van der Waals surface area contributed by atoms with Gasteiger partial charge < -0.3 is 15.1 Å². The number of amides is 1. The van der Waals surface area contributed by atoms with Crippen molar-refractivity contribution in [1.82, 2.24) is 10.2 Å². The number of anilines is 1. The molecule has 25 heavy (non-hydrogen) atoms. The summed E-state index contributed by atoms with van der Waals surface area (Å²) in [4.78, 5) is 16.8. The molecule has 4 nitrogen and oxygen atoms in total. The zero-order chi connectivity index (χ0) is 17.1. The topological polar surface area (TPSA) is 35.6 Å². The van der Waals surface area contributed by atoms with Crippen LogP contribution < -0.4 is 10.2 Å². The quantitative estimate of drug-likeness (QED) is 0.912. The summed E-state index contributed by atoms with van der Waals surface area (Å²) < 4.78 is 0. The van der Waals surface area contributed by atoms with E-state index in [0.717, 1.165) is 32.6 Å². The molecule has 0 aromatic heterocycles. The van der Waals surface area contributed by atoms with Crippen molar-refractivity contribution in [3.63, 3.8) is 0 Å². The number of para-hydroxylation sites is 1. The van der Waals surface area contributed by atoms with E-state index in [2.05, 4.69) is 58.7 Å². The third-order valence-electron chi connectivity index (χ3n) is 5.29. The van der Waals surface area contributed by atoms with Crippen molar-refractivity contribution in [2.45, 2.75) is 18.4 Å². The summed E-state index contributed by atoms with van der Waals surface area (Å²) in [5, 5.41) is 3.44. The Balaban J connectivity index is 1.21. The number of rotatable bonds is 5. The number of carbonyl (C=O) groups is 1. The normalized spacial score (nSPS) is 22.7. The van der Waals surface area contributed by atoms with E-state index in [4.69, 9.17) is 0 Å². The SMILES string of the molecule is O=C(CN[C@@H]1C[C@H]1c1ccccc1)N1CCN(c2ccccc2)CC1. The maximum atomic E-state index is 12.5. The van der Waals surface area contributed by atoms with Crippen LogP contribution in [-0.4, -0.2) is 49.6 Å². The molecule has 1 aliphatic heterocycles. The van der Waals surface area contributed by atoms with Crippen molar-refractivity contribution in [2.75, 3.05) is 37.6 Å². The van der Waals surface area contributed by atoms with Gasteiger partial charge in [0.25, 0.3) is 0 Å². The van der Waals surface area contributed by atoms with Gasteiger partial charge in [-0.05, 0) is 24.1 Å². The van der Waals surface area contributed by atoms with Gasteiger partial charge in [-0.3, -0.25) is 4.79 Å². The fourth-order valence-corrected chi connectivity index (χ4v) is 3.67. The maximum Gasteiger partial charge on any atom is 0.236 e. The molecule has 1 saturated carbocycles. The molecule has 0 unspecified atom stereocenters. The first-order valence-electron chi connectivity index (χ1n) is 9.17. The Kier molecular flexibility index (Phi) is 4.70. The van der Waals surface area contributed by atoms with Gasteiger partial charge in [-0.2, -0.15) is 0 Å². The van der Waals surface area contributed by atoms with E-state index in [1.54, 1.807) is 0 Å². The minimum Gasteiger partial charge on any atom is -0.368 e. The number of piperazine rings is 1. The Morgan fingerprint density at radius 3 is 2.24 bits per heavy atom.